The summed E-state index contributed by atoms with van der Waals surface area (Å²) in [6.45, 7) is 6.11. The maximum absolute atomic E-state index is 12.8. The molecule has 2 heterocycles. The molecule has 0 aromatic heterocycles. The van der Waals surface area contributed by atoms with E-state index in [0.29, 0.717) is 17.6 Å². The van der Waals surface area contributed by atoms with Crippen LogP contribution < -0.4 is 0 Å². The topological polar surface area (TPSA) is 40.6 Å². The molecule has 128 valence electrons. The van der Waals surface area contributed by atoms with Crippen molar-refractivity contribution in [3.8, 4) is 0 Å². The number of carbonyl (C=O) groups is 2. The van der Waals surface area contributed by atoms with E-state index < -0.39 is 0 Å². The highest BCUT2D eigenvalue weighted by molar-refractivity contribution is 8.03. The van der Waals surface area contributed by atoms with Crippen LogP contribution in [-0.2, 0) is 9.59 Å². The van der Waals surface area contributed by atoms with Crippen LogP contribution in [0.2, 0.25) is 0 Å². The second-order valence-electron chi connectivity index (χ2n) is 6.90. The van der Waals surface area contributed by atoms with Gasteiger partial charge in [0.1, 0.15) is 6.54 Å². The first-order chi connectivity index (χ1) is 11.5. The van der Waals surface area contributed by atoms with Crippen LogP contribution in [0, 0.1) is 11.8 Å². The standard InChI is InChI=1S/C19H24N2O2S/c1-14-8-15(2)10-20(9-14)18(22)11-21-17(12-24-13-19(21)23)16-6-4-3-5-7-16/h3-7,12,14-15H,8-11,13H2,1-2H3. The molecule has 3 rings (SSSR count). The first kappa shape index (κ1) is 17.1. The van der Waals surface area contributed by atoms with Crippen LogP contribution in [0.15, 0.2) is 35.7 Å². The summed E-state index contributed by atoms with van der Waals surface area (Å²) in [4.78, 5) is 28.8. The molecule has 1 saturated heterocycles. The van der Waals surface area contributed by atoms with Crippen molar-refractivity contribution in [2.24, 2.45) is 11.8 Å². The molecule has 0 radical (unpaired) electrons. The predicted molar refractivity (Wildman–Crippen MR) is 98.1 cm³/mol. The van der Waals surface area contributed by atoms with Gasteiger partial charge >= 0.3 is 0 Å². The van der Waals surface area contributed by atoms with E-state index in [0.717, 1.165) is 30.8 Å². The summed E-state index contributed by atoms with van der Waals surface area (Å²) in [5.74, 6) is 1.50. The fourth-order valence-corrected chi connectivity index (χ4v) is 4.38. The van der Waals surface area contributed by atoms with E-state index in [1.807, 2.05) is 40.6 Å². The molecule has 0 N–H and O–H groups in total. The Balaban J connectivity index is 1.76. The molecule has 2 atom stereocenters. The highest BCUT2D eigenvalue weighted by Crippen LogP contribution is 2.28. The molecule has 0 saturated carbocycles. The van der Waals surface area contributed by atoms with Gasteiger partial charge in [-0.2, -0.15) is 0 Å². The third kappa shape index (κ3) is 3.83. The molecule has 0 bridgehead atoms. The molecule has 0 aliphatic carbocycles. The second kappa shape index (κ2) is 7.43. The van der Waals surface area contributed by atoms with Crippen LogP contribution in [-0.4, -0.2) is 47.0 Å². The van der Waals surface area contributed by atoms with Crippen molar-refractivity contribution in [3.05, 3.63) is 41.3 Å². The van der Waals surface area contributed by atoms with Gasteiger partial charge in [-0.05, 0) is 29.2 Å². The number of piperidine rings is 1. The molecule has 1 aromatic rings. The van der Waals surface area contributed by atoms with Crippen LogP contribution in [0.1, 0.15) is 25.8 Å². The monoisotopic (exact) mass is 344 g/mol. The fraction of sp³-hybridized carbons (Fsp3) is 0.474. The second-order valence-corrected chi connectivity index (χ2v) is 7.76. The number of carbonyl (C=O) groups excluding carboxylic acids is 2. The Morgan fingerprint density at radius 1 is 1.17 bits per heavy atom. The predicted octanol–water partition coefficient (Wildman–Crippen LogP) is 3.06. The number of amides is 2. The summed E-state index contributed by atoms with van der Waals surface area (Å²) >= 11 is 1.50. The van der Waals surface area contributed by atoms with Crippen LogP contribution in [0.3, 0.4) is 0 Å². The van der Waals surface area contributed by atoms with Crippen LogP contribution in [0.4, 0.5) is 0 Å². The molecule has 1 fully saturated rings. The Hall–Kier alpha value is -1.75. The van der Waals surface area contributed by atoms with Crippen LogP contribution >= 0.6 is 11.8 Å². The van der Waals surface area contributed by atoms with Gasteiger partial charge in [0.25, 0.3) is 0 Å². The van der Waals surface area contributed by atoms with Crippen molar-refractivity contribution >= 4 is 29.3 Å². The van der Waals surface area contributed by atoms with Crippen LogP contribution in [0.25, 0.3) is 5.70 Å². The Bertz CT molecular complexity index is 634. The third-order valence-electron chi connectivity index (χ3n) is 4.58. The lowest BCUT2D eigenvalue weighted by molar-refractivity contribution is -0.138. The Labute approximate surface area is 147 Å². The first-order valence-corrected chi connectivity index (χ1v) is 9.55. The molecule has 2 unspecified atom stereocenters. The van der Waals surface area contributed by atoms with Crippen molar-refractivity contribution < 1.29 is 9.59 Å². The van der Waals surface area contributed by atoms with E-state index in [-0.39, 0.29) is 18.4 Å². The molecule has 24 heavy (non-hydrogen) atoms. The maximum Gasteiger partial charge on any atom is 0.242 e. The van der Waals surface area contributed by atoms with Gasteiger partial charge in [-0.15, -0.1) is 11.8 Å². The zero-order valence-corrected chi connectivity index (χ0v) is 15.1. The molecule has 4 nitrogen and oxygen atoms in total. The lowest BCUT2D eigenvalue weighted by atomic mass is 9.92. The van der Waals surface area contributed by atoms with E-state index in [1.165, 1.54) is 11.8 Å². The number of hydrogen-bond donors (Lipinski definition) is 0. The van der Waals surface area contributed by atoms with Crippen molar-refractivity contribution in [1.29, 1.82) is 0 Å². The fourth-order valence-electron chi connectivity index (χ4n) is 3.58. The maximum atomic E-state index is 12.8. The molecule has 2 aliphatic heterocycles. The first-order valence-electron chi connectivity index (χ1n) is 8.50. The molecular formula is C19H24N2O2S. The van der Waals surface area contributed by atoms with Gasteiger partial charge in [0.15, 0.2) is 0 Å². The average molecular weight is 344 g/mol. The van der Waals surface area contributed by atoms with Crippen molar-refractivity contribution in [2.75, 3.05) is 25.4 Å². The number of thioether (sulfide) groups is 1. The largest absolute Gasteiger partial charge is 0.341 e. The summed E-state index contributed by atoms with van der Waals surface area (Å²) in [5.41, 5.74) is 1.81. The highest BCUT2D eigenvalue weighted by Gasteiger charge is 2.30. The number of nitrogens with zero attached hydrogens (tertiary/aromatic N) is 2. The van der Waals surface area contributed by atoms with Gasteiger partial charge in [0, 0.05) is 13.1 Å². The van der Waals surface area contributed by atoms with Gasteiger partial charge in [0.05, 0.1) is 11.4 Å². The van der Waals surface area contributed by atoms with Crippen molar-refractivity contribution in [1.82, 2.24) is 9.80 Å². The number of rotatable bonds is 3. The number of hydrogen-bond acceptors (Lipinski definition) is 3. The van der Waals surface area contributed by atoms with Crippen LogP contribution in [0.5, 0.6) is 0 Å². The van der Waals surface area contributed by atoms with E-state index >= 15 is 0 Å². The average Bonchev–Trinajstić information content (AvgIpc) is 2.56. The quantitative estimate of drug-likeness (QED) is 0.846. The third-order valence-corrected chi connectivity index (χ3v) is 5.38. The summed E-state index contributed by atoms with van der Waals surface area (Å²) in [5, 5.41) is 1.99. The minimum absolute atomic E-state index is 0.00723. The van der Waals surface area contributed by atoms with Gasteiger partial charge in [-0.1, -0.05) is 44.2 Å². The zero-order valence-electron chi connectivity index (χ0n) is 14.3. The van der Waals surface area contributed by atoms with E-state index in [1.54, 1.807) is 4.90 Å². The minimum Gasteiger partial charge on any atom is -0.341 e. The van der Waals surface area contributed by atoms with E-state index in [2.05, 4.69) is 13.8 Å². The Kier molecular flexibility index (Phi) is 5.29. The zero-order chi connectivity index (χ0) is 17.1. The van der Waals surface area contributed by atoms with Gasteiger partial charge in [-0.25, -0.2) is 0 Å². The smallest absolute Gasteiger partial charge is 0.242 e. The number of benzene rings is 1. The van der Waals surface area contributed by atoms with Gasteiger partial charge in [0.2, 0.25) is 11.8 Å². The highest BCUT2D eigenvalue weighted by atomic mass is 32.2. The SMILES string of the molecule is CC1CC(C)CN(C(=O)CN2C(=O)CSC=C2c2ccccc2)C1. The molecule has 2 amide bonds. The lowest BCUT2D eigenvalue weighted by Gasteiger charge is -2.37. The normalized spacial score (nSPS) is 24.8. The molecule has 2 aliphatic rings. The summed E-state index contributed by atoms with van der Waals surface area (Å²) in [7, 11) is 0. The van der Waals surface area contributed by atoms with E-state index in [9.17, 15) is 9.59 Å². The molecular weight excluding hydrogens is 320 g/mol. The molecule has 0 spiro atoms. The van der Waals surface area contributed by atoms with E-state index in [4.69, 9.17) is 0 Å². The van der Waals surface area contributed by atoms with Gasteiger partial charge in [-0.3, -0.25) is 9.59 Å². The summed E-state index contributed by atoms with van der Waals surface area (Å²) in [6.07, 6.45) is 1.16. The number of likely N-dealkylation sites (tertiary alicyclic amines) is 1. The van der Waals surface area contributed by atoms with Gasteiger partial charge < -0.3 is 9.80 Å². The van der Waals surface area contributed by atoms with Crippen molar-refractivity contribution in [2.45, 2.75) is 20.3 Å². The Morgan fingerprint density at radius 2 is 1.83 bits per heavy atom. The molecule has 5 heteroatoms. The summed E-state index contributed by atoms with van der Waals surface area (Å²) < 4.78 is 0. The summed E-state index contributed by atoms with van der Waals surface area (Å²) in [6, 6.07) is 9.82. The van der Waals surface area contributed by atoms with Crippen molar-refractivity contribution in [3.63, 3.8) is 0 Å². The lowest BCUT2D eigenvalue weighted by Crippen LogP contribution is -2.48. The minimum atomic E-state index is 0.00723. The molecule has 1 aromatic carbocycles. The Morgan fingerprint density at radius 3 is 2.50 bits per heavy atom.